The number of hydrogen-bond donors (Lipinski definition) is 6. The molecule has 0 saturated carbocycles. The summed E-state index contributed by atoms with van der Waals surface area (Å²) in [5.41, 5.74) is 21.4. The minimum absolute atomic E-state index is 0.0483. The van der Waals surface area contributed by atoms with Crippen molar-refractivity contribution in [3.05, 3.63) is 0 Å². The maximum absolute atomic E-state index is 11.8. The van der Waals surface area contributed by atoms with E-state index in [1.165, 1.54) is 0 Å². The van der Waals surface area contributed by atoms with Crippen LogP contribution in [0, 0.1) is 0 Å². The van der Waals surface area contributed by atoms with Crippen LogP contribution in [0.5, 0.6) is 0 Å². The van der Waals surface area contributed by atoms with Crippen molar-refractivity contribution < 1.29 is 14.7 Å². The Kier molecular flexibility index (Phi) is 9.90. The van der Waals surface area contributed by atoms with Gasteiger partial charge >= 0.3 is 5.97 Å². The number of carbonyl (C=O) groups is 2. The molecule has 0 fully saturated rings. The average molecular weight is 302 g/mol. The molecule has 0 spiro atoms. The molecule has 9 nitrogen and oxygen atoms in total. The largest absolute Gasteiger partial charge is 0.480 e. The number of unbranched alkanes of at least 4 members (excludes halogenated alkanes) is 1. The number of rotatable bonds is 11. The number of aliphatic carboxylic acids is 1. The molecular formula is C12H26N6O3. The van der Waals surface area contributed by atoms with Gasteiger partial charge in [0.05, 0.1) is 6.04 Å². The quantitative estimate of drug-likeness (QED) is 0.146. The van der Waals surface area contributed by atoms with Crippen LogP contribution in [0.4, 0.5) is 0 Å². The summed E-state index contributed by atoms with van der Waals surface area (Å²) >= 11 is 0. The fraction of sp³-hybridized carbons (Fsp3) is 0.750. The number of amides is 1. The molecule has 0 bridgehead atoms. The van der Waals surface area contributed by atoms with Gasteiger partial charge in [-0.3, -0.25) is 9.79 Å². The first-order chi connectivity index (χ1) is 9.88. The van der Waals surface area contributed by atoms with Crippen molar-refractivity contribution in [3.63, 3.8) is 0 Å². The van der Waals surface area contributed by atoms with Crippen LogP contribution in [0.25, 0.3) is 0 Å². The molecule has 0 aliphatic rings. The predicted molar refractivity (Wildman–Crippen MR) is 80.4 cm³/mol. The normalized spacial score (nSPS) is 13.2. The smallest absolute Gasteiger partial charge is 0.326 e. The number of hydrogen-bond acceptors (Lipinski definition) is 5. The Morgan fingerprint density at radius 1 is 1.14 bits per heavy atom. The van der Waals surface area contributed by atoms with Crippen molar-refractivity contribution in [2.75, 3.05) is 13.1 Å². The third-order valence-corrected chi connectivity index (χ3v) is 2.87. The second-order valence-electron chi connectivity index (χ2n) is 4.74. The SMILES string of the molecule is NCCCCC(N)C(=O)N[C@@H](CCCN=C(N)N)C(=O)O. The van der Waals surface area contributed by atoms with E-state index in [4.69, 9.17) is 28.0 Å². The number of carboxylic acids is 1. The second kappa shape index (κ2) is 10.9. The van der Waals surface area contributed by atoms with Crippen molar-refractivity contribution >= 4 is 17.8 Å². The molecule has 0 heterocycles. The standard InChI is InChI=1S/C12H26N6O3/c13-6-2-1-4-8(14)10(19)18-9(11(20)21)5-3-7-17-12(15)16/h8-9H,1-7,13-14H2,(H,18,19)(H,20,21)(H4,15,16,17)/t8?,9-/m0/s1. The van der Waals surface area contributed by atoms with Crippen LogP contribution in [0.1, 0.15) is 32.1 Å². The van der Waals surface area contributed by atoms with Crippen LogP contribution >= 0.6 is 0 Å². The molecule has 9 heteroatoms. The zero-order chi connectivity index (χ0) is 16.3. The lowest BCUT2D eigenvalue weighted by Gasteiger charge is -2.17. The van der Waals surface area contributed by atoms with E-state index in [0.29, 0.717) is 25.9 Å². The molecule has 0 saturated heterocycles. The highest BCUT2D eigenvalue weighted by molar-refractivity contribution is 5.86. The van der Waals surface area contributed by atoms with E-state index in [1.54, 1.807) is 0 Å². The van der Waals surface area contributed by atoms with Crippen molar-refractivity contribution in [2.45, 2.75) is 44.2 Å². The number of nitrogens with zero attached hydrogens (tertiary/aromatic N) is 1. The van der Waals surface area contributed by atoms with Gasteiger partial charge in [0.2, 0.25) is 5.91 Å². The Labute approximate surface area is 124 Å². The number of aliphatic imine (C=N–C) groups is 1. The summed E-state index contributed by atoms with van der Waals surface area (Å²) < 4.78 is 0. The molecular weight excluding hydrogens is 276 g/mol. The monoisotopic (exact) mass is 302 g/mol. The average Bonchev–Trinajstić information content (AvgIpc) is 2.41. The molecule has 10 N–H and O–H groups in total. The third kappa shape index (κ3) is 9.63. The van der Waals surface area contributed by atoms with Gasteiger partial charge in [-0.25, -0.2) is 4.79 Å². The first-order valence-electron chi connectivity index (χ1n) is 6.92. The zero-order valence-electron chi connectivity index (χ0n) is 12.1. The molecule has 1 amide bonds. The van der Waals surface area contributed by atoms with Gasteiger partial charge in [-0.15, -0.1) is 0 Å². The van der Waals surface area contributed by atoms with Gasteiger partial charge in [0.15, 0.2) is 5.96 Å². The number of carboxylic acid groups (broad SMARTS) is 1. The second-order valence-corrected chi connectivity index (χ2v) is 4.74. The summed E-state index contributed by atoms with van der Waals surface area (Å²) in [4.78, 5) is 26.6. The predicted octanol–water partition coefficient (Wildman–Crippen LogP) is -1.93. The van der Waals surface area contributed by atoms with E-state index in [1.807, 2.05) is 0 Å². The Morgan fingerprint density at radius 2 is 1.81 bits per heavy atom. The molecule has 21 heavy (non-hydrogen) atoms. The van der Waals surface area contributed by atoms with Crippen molar-refractivity contribution in [2.24, 2.45) is 27.9 Å². The fourth-order valence-corrected chi connectivity index (χ4v) is 1.68. The van der Waals surface area contributed by atoms with Crippen LogP contribution in [0.3, 0.4) is 0 Å². The van der Waals surface area contributed by atoms with Gasteiger partial charge < -0.3 is 33.4 Å². The first-order valence-corrected chi connectivity index (χ1v) is 6.92. The Bertz CT molecular complexity index is 357. The van der Waals surface area contributed by atoms with Crippen LogP contribution in [0.15, 0.2) is 4.99 Å². The maximum Gasteiger partial charge on any atom is 0.326 e. The van der Waals surface area contributed by atoms with E-state index in [9.17, 15) is 9.59 Å². The van der Waals surface area contributed by atoms with E-state index in [2.05, 4.69) is 10.3 Å². The molecule has 0 radical (unpaired) electrons. The summed E-state index contributed by atoms with van der Waals surface area (Å²) in [5.74, 6) is -1.63. The van der Waals surface area contributed by atoms with Crippen LogP contribution in [0.2, 0.25) is 0 Å². The first kappa shape index (κ1) is 19.1. The summed E-state index contributed by atoms with van der Waals surface area (Å²) in [5, 5.41) is 11.5. The summed E-state index contributed by atoms with van der Waals surface area (Å²) in [6.45, 7) is 0.849. The molecule has 0 aromatic carbocycles. The Hall–Kier alpha value is -1.87. The zero-order valence-corrected chi connectivity index (χ0v) is 12.1. The minimum atomic E-state index is -1.11. The fourth-order valence-electron chi connectivity index (χ4n) is 1.68. The van der Waals surface area contributed by atoms with Gasteiger partial charge in [-0.05, 0) is 32.2 Å². The lowest BCUT2D eigenvalue weighted by molar-refractivity contribution is -0.142. The van der Waals surface area contributed by atoms with E-state index >= 15 is 0 Å². The van der Waals surface area contributed by atoms with E-state index in [0.717, 1.165) is 12.8 Å². The molecule has 0 aromatic rings. The van der Waals surface area contributed by atoms with Gasteiger partial charge in [0.1, 0.15) is 6.04 Å². The number of nitrogens with two attached hydrogens (primary N) is 4. The topological polar surface area (TPSA) is 183 Å². The number of nitrogens with one attached hydrogen (secondary N) is 1. The van der Waals surface area contributed by atoms with Gasteiger partial charge in [-0.1, -0.05) is 6.42 Å². The van der Waals surface area contributed by atoms with Crippen LogP contribution in [-0.2, 0) is 9.59 Å². The highest BCUT2D eigenvalue weighted by Crippen LogP contribution is 2.02. The van der Waals surface area contributed by atoms with Crippen molar-refractivity contribution in [1.82, 2.24) is 5.32 Å². The molecule has 2 atom stereocenters. The number of guanidine groups is 1. The third-order valence-electron chi connectivity index (χ3n) is 2.87. The highest BCUT2D eigenvalue weighted by atomic mass is 16.4. The summed E-state index contributed by atoms with van der Waals surface area (Å²) in [6.07, 6.45) is 2.66. The van der Waals surface area contributed by atoms with Gasteiger partial charge in [0, 0.05) is 6.54 Å². The Morgan fingerprint density at radius 3 is 2.33 bits per heavy atom. The lowest BCUT2D eigenvalue weighted by Crippen LogP contribution is -2.48. The minimum Gasteiger partial charge on any atom is -0.480 e. The van der Waals surface area contributed by atoms with E-state index < -0.39 is 24.0 Å². The summed E-state index contributed by atoms with van der Waals surface area (Å²) in [6, 6.07) is -1.72. The van der Waals surface area contributed by atoms with Gasteiger partial charge in [-0.2, -0.15) is 0 Å². The molecule has 122 valence electrons. The van der Waals surface area contributed by atoms with Gasteiger partial charge in [0.25, 0.3) is 0 Å². The molecule has 0 rings (SSSR count). The summed E-state index contributed by atoms with van der Waals surface area (Å²) in [7, 11) is 0. The number of carbonyl (C=O) groups excluding carboxylic acids is 1. The molecule has 0 aliphatic carbocycles. The lowest BCUT2D eigenvalue weighted by atomic mass is 10.1. The van der Waals surface area contributed by atoms with Crippen molar-refractivity contribution in [3.8, 4) is 0 Å². The molecule has 0 aromatic heterocycles. The van der Waals surface area contributed by atoms with Crippen LogP contribution in [-0.4, -0.2) is 48.1 Å². The van der Waals surface area contributed by atoms with Crippen LogP contribution < -0.4 is 28.3 Å². The Balaban J connectivity index is 4.20. The highest BCUT2D eigenvalue weighted by Gasteiger charge is 2.22. The van der Waals surface area contributed by atoms with Crippen molar-refractivity contribution in [1.29, 1.82) is 0 Å². The van der Waals surface area contributed by atoms with E-state index in [-0.39, 0.29) is 12.4 Å². The molecule has 1 unspecified atom stereocenters. The molecule has 0 aliphatic heterocycles. The maximum atomic E-state index is 11.8.